The second kappa shape index (κ2) is 19.4. The first-order valence-corrected chi connectivity index (χ1v) is 13.6. The van der Waals surface area contributed by atoms with Gasteiger partial charge in [0.1, 0.15) is 0 Å². The van der Waals surface area contributed by atoms with E-state index in [1.54, 1.807) is 16.7 Å². The van der Waals surface area contributed by atoms with Crippen LogP contribution in [0.2, 0.25) is 0 Å². The molecule has 0 spiro atoms. The van der Waals surface area contributed by atoms with Gasteiger partial charge in [0.15, 0.2) is 0 Å². The van der Waals surface area contributed by atoms with Crippen molar-refractivity contribution >= 4 is 0 Å². The standard InChI is InChI=1S/C29H53/c1-4-7-10-13-16-19-22-27-25-26-28(23-20-17-14-11-8-5-2)29(27)24-21-18-15-12-9-6-3/h4-25H2,1-3H3. The maximum atomic E-state index is 3.82. The topological polar surface area (TPSA) is 0 Å². The van der Waals surface area contributed by atoms with Crippen LogP contribution in [0, 0.1) is 6.08 Å². The lowest BCUT2D eigenvalue weighted by Gasteiger charge is -2.13. The van der Waals surface area contributed by atoms with Gasteiger partial charge in [-0.25, -0.2) is 0 Å². The largest absolute Gasteiger partial charge is 0.0654 e. The third kappa shape index (κ3) is 13.4. The van der Waals surface area contributed by atoms with Crippen LogP contribution in [0.3, 0.4) is 0 Å². The molecule has 0 aromatic heterocycles. The number of rotatable bonds is 21. The smallest absolute Gasteiger partial charge is 0.00554 e. The highest BCUT2D eigenvalue weighted by atomic mass is 14.2. The molecule has 0 amide bonds. The van der Waals surface area contributed by atoms with E-state index in [0.717, 1.165) is 6.42 Å². The van der Waals surface area contributed by atoms with Crippen LogP contribution in [0.25, 0.3) is 0 Å². The fraction of sp³-hybridized carbons (Fsp3) is 0.862. The number of hydrogen-bond acceptors (Lipinski definition) is 0. The Bertz CT molecular complexity index is 425. The third-order valence-corrected chi connectivity index (χ3v) is 6.70. The molecule has 0 atom stereocenters. The molecule has 1 aliphatic carbocycles. The summed E-state index contributed by atoms with van der Waals surface area (Å²) in [5.74, 6) is 0. The van der Waals surface area contributed by atoms with Gasteiger partial charge in [-0.1, -0.05) is 123 Å². The summed E-state index contributed by atoms with van der Waals surface area (Å²) in [6.45, 7) is 6.93. The highest BCUT2D eigenvalue weighted by Crippen LogP contribution is 2.35. The first kappa shape index (κ1) is 26.5. The second-order valence-corrected chi connectivity index (χ2v) is 9.47. The van der Waals surface area contributed by atoms with E-state index in [1.807, 2.05) is 0 Å². The van der Waals surface area contributed by atoms with Gasteiger partial charge in [0.2, 0.25) is 0 Å². The van der Waals surface area contributed by atoms with Gasteiger partial charge in [0, 0.05) is 0 Å². The first-order valence-electron chi connectivity index (χ1n) is 13.6. The summed E-state index contributed by atoms with van der Waals surface area (Å²) in [7, 11) is 0. The molecule has 0 saturated carbocycles. The van der Waals surface area contributed by atoms with E-state index in [1.165, 1.54) is 135 Å². The quantitative estimate of drug-likeness (QED) is 0.168. The molecule has 1 radical (unpaired) electrons. The van der Waals surface area contributed by atoms with Crippen LogP contribution in [-0.2, 0) is 0 Å². The van der Waals surface area contributed by atoms with Gasteiger partial charge in [-0.15, -0.1) is 0 Å². The molecule has 0 aliphatic heterocycles. The minimum absolute atomic E-state index is 1.16. The third-order valence-electron chi connectivity index (χ3n) is 6.70. The zero-order chi connectivity index (χ0) is 21.0. The molecule has 0 unspecified atom stereocenters. The molecule has 0 aromatic carbocycles. The van der Waals surface area contributed by atoms with Crippen molar-refractivity contribution in [3.63, 3.8) is 0 Å². The molecule has 1 rings (SSSR count). The van der Waals surface area contributed by atoms with E-state index >= 15 is 0 Å². The van der Waals surface area contributed by atoms with Crippen molar-refractivity contribution < 1.29 is 0 Å². The molecule has 29 heavy (non-hydrogen) atoms. The van der Waals surface area contributed by atoms with Gasteiger partial charge in [0.25, 0.3) is 0 Å². The summed E-state index contributed by atoms with van der Waals surface area (Å²) in [5, 5.41) is 0. The van der Waals surface area contributed by atoms with Crippen LogP contribution >= 0.6 is 0 Å². The molecule has 0 heterocycles. The molecular weight excluding hydrogens is 348 g/mol. The van der Waals surface area contributed by atoms with Crippen molar-refractivity contribution in [3.05, 3.63) is 22.8 Å². The van der Waals surface area contributed by atoms with Gasteiger partial charge < -0.3 is 0 Å². The summed E-state index contributed by atoms with van der Waals surface area (Å²) in [4.78, 5) is 0. The van der Waals surface area contributed by atoms with Gasteiger partial charge in [-0.05, 0) is 62.2 Å². The zero-order valence-electron chi connectivity index (χ0n) is 20.6. The lowest BCUT2D eigenvalue weighted by molar-refractivity contribution is 0.593. The van der Waals surface area contributed by atoms with Crippen LogP contribution in [0.5, 0.6) is 0 Å². The highest BCUT2D eigenvalue weighted by Gasteiger charge is 2.17. The van der Waals surface area contributed by atoms with E-state index in [0.29, 0.717) is 0 Å². The summed E-state index contributed by atoms with van der Waals surface area (Å²) < 4.78 is 0. The van der Waals surface area contributed by atoms with Crippen molar-refractivity contribution in [3.8, 4) is 0 Å². The molecule has 0 saturated heterocycles. The van der Waals surface area contributed by atoms with Gasteiger partial charge >= 0.3 is 0 Å². The fourth-order valence-corrected chi connectivity index (χ4v) is 4.73. The molecule has 0 heteroatoms. The Balaban J connectivity index is 2.40. The maximum Gasteiger partial charge on any atom is -0.00554 e. The Labute approximate surface area is 185 Å². The Morgan fingerprint density at radius 1 is 0.483 bits per heavy atom. The molecule has 0 nitrogen and oxygen atoms in total. The lowest BCUT2D eigenvalue weighted by atomic mass is 9.93. The predicted octanol–water partition coefficient (Wildman–Crippen LogP) is 10.7. The fourth-order valence-electron chi connectivity index (χ4n) is 4.73. The highest BCUT2D eigenvalue weighted by molar-refractivity contribution is 5.40. The van der Waals surface area contributed by atoms with Crippen LogP contribution in [0.15, 0.2) is 16.7 Å². The van der Waals surface area contributed by atoms with Crippen molar-refractivity contribution in [1.82, 2.24) is 0 Å². The minimum atomic E-state index is 1.16. The van der Waals surface area contributed by atoms with Crippen LogP contribution in [-0.4, -0.2) is 0 Å². The molecule has 169 valence electrons. The molecule has 0 bridgehead atoms. The summed E-state index contributed by atoms with van der Waals surface area (Å²) >= 11 is 0. The summed E-state index contributed by atoms with van der Waals surface area (Å²) in [6, 6.07) is 0. The Morgan fingerprint density at radius 3 is 1.41 bits per heavy atom. The maximum absolute atomic E-state index is 3.82. The van der Waals surface area contributed by atoms with E-state index < -0.39 is 0 Å². The van der Waals surface area contributed by atoms with Gasteiger partial charge in [-0.3, -0.25) is 0 Å². The lowest BCUT2D eigenvalue weighted by Crippen LogP contribution is -1.94. The molecule has 1 aliphatic rings. The summed E-state index contributed by atoms with van der Waals surface area (Å²) in [6.07, 6.45) is 34.4. The Hall–Kier alpha value is -0.520. The Kier molecular flexibility index (Phi) is 17.8. The average Bonchev–Trinajstić information content (AvgIpc) is 3.11. The zero-order valence-corrected chi connectivity index (χ0v) is 20.6. The normalized spacial score (nSPS) is 14.1. The van der Waals surface area contributed by atoms with Crippen LogP contribution < -0.4 is 0 Å². The van der Waals surface area contributed by atoms with E-state index in [9.17, 15) is 0 Å². The van der Waals surface area contributed by atoms with E-state index in [-0.39, 0.29) is 0 Å². The number of hydrogen-bond donors (Lipinski definition) is 0. The predicted molar refractivity (Wildman–Crippen MR) is 132 cm³/mol. The number of unbranched alkanes of at least 4 members (excludes halogenated alkanes) is 15. The first-order chi connectivity index (χ1) is 14.3. The second-order valence-electron chi connectivity index (χ2n) is 9.47. The molecule has 0 fully saturated rings. The number of allylic oxidation sites excluding steroid dienone is 4. The van der Waals surface area contributed by atoms with Crippen LogP contribution in [0.4, 0.5) is 0 Å². The molecule has 0 N–H and O–H groups in total. The van der Waals surface area contributed by atoms with Crippen molar-refractivity contribution in [2.75, 3.05) is 0 Å². The van der Waals surface area contributed by atoms with E-state index in [4.69, 9.17) is 0 Å². The van der Waals surface area contributed by atoms with Gasteiger partial charge in [0.05, 0.1) is 0 Å². The monoisotopic (exact) mass is 401 g/mol. The molecule has 0 aromatic rings. The van der Waals surface area contributed by atoms with Crippen molar-refractivity contribution in [2.24, 2.45) is 0 Å². The SMILES string of the molecule is CCCCCCCCC1=[C]CC(CCCCCCCC)=C1CCCCCCCC. The van der Waals surface area contributed by atoms with Crippen molar-refractivity contribution in [1.29, 1.82) is 0 Å². The van der Waals surface area contributed by atoms with Crippen LogP contribution in [0.1, 0.15) is 162 Å². The molecular formula is C29H53. The van der Waals surface area contributed by atoms with Crippen molar-refractivity contribution in [2.45, 2.75) is 162 Å². The Morgan fingerprint density at radius 2 is 0.897 bits per heavy atom. The average molecular weight is 402 g/mol. The van der Waals surface area contributed by atoms with Gasteiger partial charge in [-0.2, -0.15) is 0 Å². The minimum Gasteiger partial charge on any atom is -0.0654 e. The summed E-state index contributed by atoms with van der Waals surface area (Å²) in [5.41, 5.74) is 5.17. The van der Waals surface area contributed by atoms with E-state index in [2.05, 4.69) is 26.8 Å².